The van der Waals surface area contributed by atoms with E-state index in [4.69, 9.17) is 22.1 Å². The molecule has 1 aliphatic rings. The second-order valence-electron chi connectivity index (χ2n) is 6.69. The summed E-state index contributed by atoms with van der Waals surface area (Å²) in [7, 11) is 0. The number of carbonyl (C=O) groups excluding carboxylic acids is 1. The fourth-order valence-corrected chi connectivity index (χ4v) is 3.31. The summed E-state index contributed by atoms with van der Waals surface area (Å²) < 4.78 is 5.34. The number of hydrogen-bond donors (Lipinski definition) is 2. The third kappa shape index (κ3) is 4.48. The van der Waals surface area contributed by atoms with Crippen LogP contribution in [0.3, 0.4) is 0 Å². The number of benzene rings is 3. The van der Waals surface area contributed by atoms with Crippen molar-refractivity contribution in [1.82, 2.24) is 0 Å². The van der Waals surface area contributed by atoms with Gasteiger partial charge in [0.25, 0.3) is 5.69 Å². The largest absolute Gasteiger partial charge is 0.418 e. The molecule has 1 amide bonds. The number of anilines is 1. The third-order valence-electron chi connectivity index (χ3n) is 4.54. The average molecular weight is 450 g/mol. The van der Waals surface area contributed by atoms with E-state index < -0.39 is 17.2 Å². The number of para-hydroxylation sites is 1. The molecular formula is C22H16ClN5O4. The molecule has 32 heavy (non-hydrogen) atoms. The first-order chi connectivity index (χ1) is 15.4. The van der Waals surface area contributed by atoms with Gasteiger partial charge in [-0.1, -0.05) is 48.0 Å². The van der Waals surface area contributed by atoms with E-state index in [2.05, 4.69) is 15.3 Å². The van der Waals surface area contributed by atoms with E-state index in [9.17, 15) is 14.9 Å². The van der Waals surface area contributed by atoms with Gasteiger partial charge in [0.15, 0.2) is 6.17 Å². The van der Waals surface area contributed by atoms with Gasteiger partial charge in [0, 0.05) is 34.0 Å². The van der Waals surface area contributed by atoms with Crippen molar-refractivity contribution in [2.45, 2.75) is 6.17 Å². The number of nitro benzene ring substituents is 1. The van der Waals surface area contributed by atoms with E-state index in [0.717, 1.165) is 0 Å². The lowest BCUT2D eigenvalue weighted by Crippen LogP contribution is -2.34. The molecular weight excluding hydrogens is 434 g/mol. The molecule has 9 nitrogen and oxygen atoms in total. The maximum Gasteiger partial charge on any atom is 0.418 e. The number of non-ortho nitro benzene ring substituents is 1. The van der Waals surface area contributed by atoms with Crippen LogP contribution in [0.15, 0.2) is 82.8 Å². The summed E-state index contributed by atoms with van der Waals surface area (Å²) in [5.74, 6) is -0.171. The number of fused-ring (bicyclic) bond motifs is 1. The van der Waals surface area contributed by atoms with Crippen molar-refractivity contribution in [1.29, 1.82) is 0 Å². The maximum atomic E-state index is 12.4. The lowest BCUT2D eigenvalue weighted by molar-refractivity contribution is -0.384. The molecule has 1 atom stereocenters. The lowest BCUT2D eigenvalue weighted by Gasteiger charge is -2.12. The minimum Gasteiger partial charge on any atom is -0.391 e. The van der Waals surface area contributed by atoms with Crippen LogP contribution in [0.2, 0.25) is 5.02 Å². The fourth-order valence-electron chi connectivity index (χ4n) is 3.08. The van der Waals surface area contributed by atoms with Gasteiger partial charge < -0.3 is 10.5 Å². The van der Waals surface area contributed by atoms with Crippen LogP contribution < -0.4 is 11.1 Å². The van der Waals surface area contributed by atoms with Crippen LogP contribution in [0.4, 0.5) is 21.9 Å². The zero-order valence-electron chi connectivity index (χ0n) is 16.4. The Labute approximate surface area is 187 Å². The van der Waals surface area contributed by atoms with E-state index in [1.54, 1.807) is 48.5 Å². The summed E-state index contributed by atoms with van der Waals surface area (Å²) in [5, 5.41) is 14.3. The average Bonchev–Trinajstić information content (AvgIpc) is 2.91. The Kier molecular flexibility index (Phi) is 5.93. The highest BCUT2D eigenvalue weighted by atomic mass is 35.5. The number of ether oxygens (including phenoxy) is 1. The van der Waals surface area contributed by atoms with E-state index in [1.165, 1.54) is 18.2 Å². The molecule has 0 aliphatic carbocycles. The molecule has 0 radical (unpaired) electrons. The molecule has 160 valence electrons. The van der Waals surface area contributed by atoms with Crippen molar-refractivity contribution in [2.24, 2.45) is 15.7 Å². The minimum absolute atomic E-state index is 0.154. The number of amides is 1. The Morgan fingerprint density at radius 2 is 1.78 bits per heavy atom. The first kappa shape index (κ1) is 21.2. The molecule has 0 saturated heterocycles. The Bertz CT molecular complexity index is 1260. The molecule has 0 fully saturated rings. The second-order valence-corrected chi connectivity index (χ2v) is 7.10. The van der Waals surface area contributed by atoms with Crippen molar-refractivity contribution in [2.75, 3.05) is 5.32 Å². The Morgan fingerprint density at radius 3 is 2.50 bits per heavy atom. The molecule has 0 saturated carbocycles. The molecule has 1 heterocycles. The summed E-state index contributed by atoms with van der Waals surface area (Å²) in [6.07, 6.45) is -1.96. The van der Waals surface area contributed by atoms with Crippen LogP contribution >= 0.6 is 11.6 Å². The van der Waals surface area contributed by atoms with Crippen molar-refractivity contribution < 1.29 is 14.5 Å². The van der Waals surface area contributed by atoms with Gasteiger partial charge in [0.1, 0.15) is 0 Å². The molecule has 3 aromatic rings. The van der Waals surface area contributed by atoms with Gasteiger partial charge in [-0.25, -0.2) is 9.79 Å². The highest BCUT2D eigenvalue weighted by Gasteiger charge is 2.26. The van der Waals surface area contributed by atoms with Gasteiger partial charge in [-0.2, -0.15) is 0 Å². The zero-order chi connectivity index (χ0) is 22.7. The number of hydrogen-bond acceptors (Lipinski definition) is 7. The Hall–Kier alpha value is -4.08. The minimum atomic E-state index is -1.16. The Balaban J connectivity index is 1.75. The number of carbonyl (C=O) groups is 1. The number of halogens is 1. The third-order valence-corrected chi connectivity index (χ3v) is 4.87. The van der Waals surface area contributed by atoms with Crippen LogP contribution in [0.5, 0.6) is 0 Å². The van der Waals surface area contributed by atoms with E-state index in [0.29, 0.717) is 33.2 Å². The molecule has 1 aliphatic heterocycles. The van der Waals surface area contributed by atoms with Crippen molar-refractivity contribution in [3.05, 3.63) is 99.1 Å². The lowest BCUT2D eigenvalue weighted by atomic mass is 10.00. The number of nitro groups is 1. The van der Waals surface area contributed by atoms with Gasteiger partial charge in [0.2, 0.25) is 5.90 Å². The van der Waals surface area contributed by atoms with Crippen molar-refractivity contribution >= 4 is 46.4 Å². The molecule has 3 N–H and O–H groups in total. The number of nitrogens with one attached hydrogen (secondary N) is 1. The monoisotopic (exact) mass is 449 g/mol. The first-order valence-electron chi connectivity index (χ1n) is 9.42. The van der Waals surface area contributed by atoms with Crippen LogP contribution in [0, 0.1) is 10.1 Å². The van der Waals surface area contributed by atoms with Gasteiger partial charge in [-0.15, -0.1) is 0 Å². The number of nitrogens with two attached hydrogens (primary N) is 1. The smallest absolute Gasteiger partial charge is 0.391 e. The van der Waals surface area contributed by atoms with Gasteiger partial charge in [0.05, 0.1) is 16.3 Å². The molecule has 1 unspecified atom stereocenters. The zero-order valence-corrected chi connectivity index (χ0v) is 17.2. The molecule has 0 spiro atoms. The van der Waals surface area contributed by atoms with Gasteiger partial charge in [-0.3, -0.25) is 20.4 Å². The molecule has 3 aromatic carbocycles. The number of aliphatic imine (C=N–C) groups is 2. The van der Waals surface area contributed by atoms with Crippen molar-refractivity contribution in [3.63, 3.8) is 0 Å². The summed E-state index contributed by atoms with van der Waals surface area (Å²) in [5.41, 5.74) is 7.99. The predicted molar refractivity (Wildman–Crippen MR) is 122 cm³/mol. The van der Waals surface area contributed by atoms with Crippen LogP contribution in [0.1, 0.15) is 11.1 Å². The highest BCUT2D eigenvalue weighted by Crippen LogP contribution is 2.32. The summed E-state index contributed by atoms with van der Waals surface area (Å²) in [6.45, 7) is 0. The van der Waals surface area contributed by atoms with E-state index in [-0.39, 0.29) is 11.6 Å². The predicted octanol–water partition coefficient (Wildman–Crippen LogP) is 4.66. The number of nitrogens with zero attached hydrogens (tertiary/aromatic N) is 3. The summed E-state index contributed by atoms with van der Waals surface area (Å²) >= 11 is 6.35. The van der Waals surface area contributed by atoms with Crippen molar-refractivity contribution in [3.8, 4) is 0 Å². The summed E-state index contributed by atoms with van der Waals surface area (Å²) in [6, 6.07) is 19.7. The fraction of sp³-hybridized carbons (Fsp3) is 0.0455. The number of rotatable bonds is 3. The summed E-state index contributed by atoms with van der Waals surface area (Å²) in [4.78, 5) is 32.0. The van der Waals surface area contributed by atoms with Crippen LogP contribution in [-0.4, -0.2) is 28.8 Å². The van der Waals surface area contributed by atoms with Gasteiger partial charge in [-0.05, 0) is 24.3 Å². The molecule has 0 bridgehead atoms. The quantitative estimate of drug-likeness (QED) is 0.443. The standard InChI is InChI=1S/C22H16ClN5O4/c23-17-9-5-4-8-15(17)19-16-12-14(28(30)31)10-11-18(16)26-21(20(24)27-19)32-22(29)25-13-6-2-1-3-7-13/h1-12,20H,24H2,(H,25,29). The SMILES string of the molecule is NC1N=C(c2ccccc2Cl)c2cc([N+](=O)[O-])ccc2N=C1OC(=O)Nc1ccccc1. The second kappa shape index (κ2) is 8.96. The van der Waals surface area contributed by atoms with Gasteiger partial charge >= 0.3 is 6.09 Å². The highest BCUT2D eigenvalue weighted by molar-refractivity contribution is 6.36. The molecule has 10 heteroatoms. The van der Waals surface area contributed by atoms with Crippen LogP contribution in [-0.2, 0) is 4.74 Å². The van der Waals surface area contributed by atoms with E-state index in [1.807, 2.05) is 6.07 Å². The topological polar surface area (TPSA) is 132 Å². The normalized spacial score (nSPS) is 15.0. The van der Waals surface area contributed by atoms with Crippen LogP contribution in [0.25, 0.3) is 0 Å². The molecule has 0 aromatic heterocycles. The molecule has 4 rings (SSSR count). The maximum absolute atomic E-state index is 12.4. The van der Waals surface area contributed by atoms with E-state index >= 15 is 0 Å². The Morgan fingerprint density at radius 1 is 1.06 bits per heavy atom. The first-order valence-corrected chi connectivity index (χ1v) is 9.80.